The number of carboxylic acid groups (broad SMARTS) is 1. The third-order valence-corrected chi connectivity index (χ3v) is 7.09. The average Bonchev–Trinajstić information content (AvgIpc) is 2.71. The van der Waals surface area contributed by atoms with Gasteiger partial charge in [0.05, 0.1) is 6.61 Å². The number of hydrogen-bond acceptors (Lipinski definition) is 9. The Kier molecular flexibility index (Phi) is 10.1. The topological polar surface area (TPSA) is 204 Å². The number of hydrogen-bond donors (Lipinski definition) is 8. The van der Waals surface area contributed by atoms with E-state index < -0.39 is 48.5 Å². The molecule has 1 saturated carbocycles. The number of rotatable bonds is 10. The molecule has 8 atom stereocenters. The monoisotopic (exact) mass is 450 g/mol. The molecule has 0 bridgehead atoms. The van der Waals surface area contributed by atoms with E-state index in [1.807, 2.05) is 0 Å². The number of guanidine groups is 1. The normalized spacial score (nSPS) is 35.5. The van der Waals surface area contributed by atoms with E-state index in [0.29, 0.717) is 19.4 Å². The molecular weight excluding hydrogens is 416 g/mol. The van der Waals surface area contributed by atoms with Gasteiger partial charge in [0, 0.05) is 17.8 Å². The highest BCUT2D eigenvalue weighted by atomic mass is 32.2. The van der Waals surface area contributed by atoms with Crippen molar-refractivity contribution in [1.82, 2.24) is 5.32 Å². The first-order chi connectivity index (χ1) is 14.2. The van der Waals surface area contributed by atoms with Crippen molar-refractivity contribution >= 4 is 23.7 Å². The number of aliphatic hydroxyl groups is 4. The molecule has 2 fully saturated rings. The van der Waals surface area contributed by atoms with E-state index in [1.54, 1.807) is 0 Å². The van der Waals surface area contributed by atoms with Crippen molar-refractivity contribution in [3.8, 4) is 0 Å². The predicted octanol–water partition coefficient (Wildman–Crippen LogP) is -2.07. The Morgan fingerprint density at radius 1 is 1.17 bits per heavy atom. The lowest BCUT2D eigenvalue weighted by Gasteiger charge is -2.42. The van der Waals surface area contributed by atoms with Crippen LogP contribution in [0.15, 0.2) is 4.99 Å². The molecule has 0 aromatic carbocycles. The second-order valence-electron chi connectivity index (χ2n) is 7.77. The lowest BCUT2D eigenvalue weighted by Crippen LogP contribution is -2.58. The summed E-state index contributed by atoms with van der Waals surface area (Å²) in [6, 6.07) is -0.888. The summed E-state index contributed by atoms with van der Waals surface area (Å²) in [6.45, 7) is -0.132. The number of nitrogens with two attached hydrogens (primary N) is 2. The zero-order valence-corrected chi connectivity index (χ0v) is 17.7. The van der Waals surface area contributed by atoms with Crippen LogP contribution in [0.4, 0.5) is 0 Å². The van der Waals surface area contributed by atoms with Gasteiger partial charge in [-0.1, -0.05) is 12.8 Å². The van der Waals surface area contributed by atoms with Crippen LogP contribution in [0.25, 0.3) is 0 Å². The summed E-state index contributed by atoms with van der Waals surface area (Å²) in [5.74, 6) is -0.986. The Morgan fingerprint density at radius 2 is 1.87 bits per heavy atom. The Balaban J connectivity index is 1.99. The Bertz CT molecular complexity index is 579. The smallest absolute Gasteiger partial charge is 0.320 e. The van der Waals surface area contributed by atoms with Crippen LogP contribution < -0.4 is 16.8 Å². The number of ether oxygens (including phenoxy) is 1. The van der Waals surface area contributed by atoms with Crippen molar-refractivity contribution in [1.29, 1.82) is 0 Å². The predicted molar refractivity (Wildman–Crippen MR) is 112 cm³/mol. The molecular formula is C18H34N4O7S. The highest BCUT2D eigenvalue weighted by molar-refractivity contribution is 8.00. The van der Waals surface area contributed by atoms with Crippen LogP contribution in [0, 0.1) is 0 Å². The van der Waals surface area contributed by atoms with Gasteiger partial charge >= 0.3 is 5.97 Å². The number of aliphatic imine (C=N–C) groups is 1. The van der Waals surface area contributed by atoms with Gasteiger partial charge in [0.15, 0.2) is 5.96 Å². The molecule has 1 saturated heterocycles. The fourth-order valence-corrected chi connectivity index (χ4v) is 5.42. The van der Waals surface area contributed by atoms with Crippen LogP contribution in [-0.4, -0.2) is 97.8 Å². The molecule has 0 amide bonds. The quantitative estimate of drug-likeness (QED) is 0.103. The van der Waals surface area contributed by atoms with Gasteiger partial charge in [0.1, 0.15) is 35.9 Å². The molecule has 1 aliphatic carbocycles. The zero-order chi connectivity index (χ0) is 22.3. The van der Waals surface area contributed by atoms with E-state index in [-0.39, 0.29) is 17.3 Å². The summed E-state index contributed by atoms with van der Waals surface area (Å²) in [6.07, 6.45) is -0.763. The second kappa shape index (κ2) is 12.0. The molecule has 1 aliphatic heterocycles. The van der Waals surface area contributed by atoms with E-state index in [0.717, 1.165) is 25.7 Å². The van der Waals surface area contributed by atoms with Crippen LogP contribution in [0.5, 0.6) is 0 Å². The van der Waals surface area contributed by atoms with Gasteiger partial charge in [-0.2, -0.15) is 0 Å². The van der Waals surface area contributed by atoms with E-state index in [2.05, 4.69) is 10.3 Å². The van der Waals surface area contributed by atoms with Crippen LogP contribution in [-0.2, 0) is 9.53 Å². The first-order valence-electron chi connectivity index (χ1n) is 10.2. The van der Waals surface area contributed by atoms with E-state index in [1.165, 1.54) is 11.8 Å². The van der Waals surface area contributed by atoms with Crippen molar-refractivity contribution in [3.63, 3.8) is 0 Å². The largest absolute Gasteiger partial charge is 0.480 e. The number of aliphatic carboxylic acids is 1. The van der Waals surface area contributed by atoms with Crippen molar-refractivity contribution in [2.24, 2.45) is 16.5 Å². The zero-order valence-electron chi connectivity index (χ0n) is 16.8. The van der Waals surface area contributed by atoms with Crippen LogP contribution >= 0.6 is 11.8 Å². The van der Waals surface area contributed by atoms with E-state index >= 15 is 0 Å². The lowest BCUT2D eigenvalue weighted by molar-refractivity contribution is -0.205. The fraction of sp³-hybridized carbons (Fsp3) is 0.889. The van der Waals surface area contributed by atoms with Crippen molar-refractivity contribution < 1.29 is 35.1 Å². The van der Waals surface area contributed by atoms with Gasteiger partial charge in [0.2, 0.25) is 0 Å². The standard InChI is InChI=1S/C18H34N4O7S/c19-18(20)21-7-3-5-10(16(27)28)22-9-4-1-2-6-12(9)30-17-15(26)14(25)13(24)11(8-23)29-17/h9-15,17,22-26H,1-8H2,(H,27,28)(H4,19,20,21)/t9?,10-,11?,12?,13-,14?,15?,17-/m0/s1. The minimum atomic E-state index is -1.43. The molecule has 0 aromatic rings. The molecule has 5 unspecified atom stereocenters. The van der Waals surface area contributed by atoms with Crippen molar-refractivity contribution in [2.75, 3.05) is 13.2 Å². The number of carbonyl (C=O) groups is 1. The summed E-state index contributed by atoms with van der Waals surface area (Å²) >= 11 is 1.30. The van der Waals surface area contributed by atoms with Gasteiger partial charge in [-0.15, -0.1) is 11.8 Å². The van der Waals surface area contributed by atoms with Gasteiger partial charge < -0.3 is 47.1 Å². The Labute approximate surface area is 179 Å². The van der Waals surface area contributed by atoms with Crippen LogP contribution in [0.2, 0.25) is 0 Å². The maximum Gasteiger partial charge on any atom is 0.320 e. The minimum absolute atomic E-state index is 0.0295. The summed E-state index contributed by atoms with van der Waals surface area (Å²) in [5.41, 5.74) is 9.74. The molecule has 11 nitrogen and oxygen atoms in total. The van der Waals surface area contributed by atoms with E-state index in [9.17, 15) is 30.3 Å². The van der Waals surface area contributed by atoms with Crippen molar-refractivity contribution in [2.45, 2.75) is 85.7 Å². The van der Waals surface area contributed by atoms with Crippen LogP contribution in [0.3, 0.4) is 0 Å². The first kappa shape index (κ1) is 25.1. The maximum absolute atomic E-state index is 11.7. The van der Waals surface area contributed by atoms with Gasteiger partial charge in [0.25, 0.3) is 0 Å². The average molecular weight is 451 g/mol. The first-order valence-corrected chi connectivity index (χ1v) is 11.2. The molecule has 12 heteroatoms. The van der Waals surface area contributed by atoms with Crippen molar-refractivity contribution in [3.05, 3.63) is 0 Å². The molecule has 2 rings (SSSR count). The molecule has 2 aliphatic rings. The third kappa shape index (κ3) is 6.94. The Morgan fingerprint density at radius 3 is 2.50 bits per heavy atom. The molecule has 1 heterocycles. The molecule has 10 N–H and O–H groups in total. The van der Waals surface area contributed by atoms with E-state index in [4.69, 9.17) is 16.2 Å². The third-order valence-electron chi connectivity index (χ3n) is 5.52. The molecule has 174 valence electrons. The maximum atomic E-state index is 11.7. The molecule has 30 heavy (non-hydrogen) atoms. The Hall–Kier alpha value is -1.15. The number of aliphatic hydroxyl groups excluding tert-OH is 4. The lowest BCUT2D eigenvalue weighted by atomic mass is 9.93. The van der Waals surface area contributed by atoms with Crippen LogP contribution in [0.1, 0.15) is 38.5 Å². The summed E-state index contributed by atoms with van der Waals surface area (Å²) in [7, 11) is 0. The minimum Gasteiger partial charge on any atom is -0.480 e. The summed E-state index contributed by atoms with van der Waals surface area (Å²) in [5, 5.41) is 52.4. The SMILES string of the molecule is NC(N)=NCCC[C@H](NC1CCCCC1S[C@@H]1OC(CO)[C@H](O)C(O)C1O)C(=O)O. The second-order valence-corrected chi connectivity index (χ2v) is 9.11. The number of carboxylic acids is 1. The summed E-state index contributed by atoms with van der Waals surface area (Å²) in [4.78, 5) is 15.6. The highest BCUT2D eigenvalue weighted by Gasteiger charge is 2.45. The summed E-state index contributed by atoms with van der Waals surface area (Å²) < 4.78 is 5.61. The number of nitrogens with zero attached hydrogens (tertiary/aromatic N) is 1. The molecule has 0 radical (unpaired) electrons. The molecule has 0 aromatic heterocycles. The highest BCUT2D eigenvalue weighted by Crippen LogP contribution is 2.37. The van der Waals surface area contributed by atoms with Gasteiger partial charge in [-0.3, -0.25) is 9.79 Å². The number of thioether (sulfide) groups is 1. The fourth-order valence-electron chi connectivity index (χ4n) is 3.84. The number of nitrogens with one attached hydrogen (secondary N) is 1. The van der Waals surface area contributed by atoms with Gasteiger partial charge in [-0.05, 0) is 25.7 Å². The molecule has 0 spiro atoms. The van der Waals surface area contributed by atoms with Gasteiger partial charge in [-0.25, -0.2) is 0 Å².